The van der Waals surface area contributed by atoms with Crippen LogP contribution in [0, 0.1) is 5.82 Å². The van der Waals surface area contributed by atoms with Crippen molar-refractivity contribution >= 4 is 29.1 Å². The van der Waals surface area contributed by atoms with Gasteiger partial charge >= 0.3 is 0 Å². The highest BCUT2D eigenvalue weighted by Crippen LogP contribution is 2.27. The average Bonchev–Trinajstić information content (AvgIpc) is 2.78. The summed E-state index contributed by atoms with van der Waals surface area (Å²) in [6, 6.07) is 8.26. The molecule has 0 bridgehead atoms. The summed E-state index contributed by atoms with van der Waals surface area (Å²) < 4.78 is 13.4. The van der Waals surface area contributed by atoms with Gasteiger partial charge in [0.25, 0.3) is 0 Å². The molecule has 0 aliphatic carbocycles. The lowest BCUT2D eigenvalue weighted by Gasteiger charge is -2.13. The Hall–Kier alpha value is -3.65. The third-order valence-corrected chi connectivity index (χ3v) is 4.55. The predicted octanol–water partition coefficient (Wildman–Crippen LogP) is 4.52. The molecule has 0 radical (unpaired) electrons. The van der Waals surface area contributed by atoms with E-state index in [1.54, 1.807) is 30.9 Å². The van der Waals surface area contributed by atoms with Crippen LogP contribution in [-0.4, -0.2) is 31.5 Å². The highest BCUT2D eigenvalue weighted by Gasteiger charge is 2.11. The second-order valence-corrected chi connectivity index (χ2v) is 6.78. The second kappa shape index (κ2) is 9.23. The van der Waals surface area contributed by atoms with Gasteiger partial charge in [0, 0.05) is 54.3 Å². The van der Waals surface area contributed by atoms with Crippen LogP contribution in [0.25, 0.3) is 11.1 Å². The van der Waals surface area contributed by atoms with E-state index in [0.717, 1.165) is 23.1 Å². The second-order valence-electron chi connectivity index (χ2n) is 6.37. The molecule has 1 aromatic carbocycles. The van der Waals surface area contributed by atoms with Crippen LogP contribution in [0.1, 0.15) is 5.56 Å². The maximum Gasteiger partial charge on any atom is 0.229 e. The van der Waals surface area contributed by atoms with Crippen LogP contribution >= 0.6 is 11.6 Å². The first-order valence-corrected chi connectivity index (χ1v) is 9.54. The Labute approximate surface area is 177 Å². The van der Waals surface area contributed by atoms with Crippen LogP contribution in [0.15, 0.2) is 67.6 Å². The molecule has 3 aromatic heterocycles. The molecule has 4 rings (SSSR count). The molecule has 4 aromatic rings. The number of pyridine rings is 1. The van der Waals surface area contributed by atoms with Crippen molar-refractivity contribution in [2.24, 2.45) is 0 Å². The summed E-state index contributed by atoms with van der Waals surface area (Å²) in [6.45, 7) is 0.644. The smallest absolute Gasteiger partial charge is 0.229 e. The molecule has 0 atom stereocenters. The molecule has 2 N–H and O–H groups in total. The van der Waals surface area contributed by atoms with Gasteiger partial charge in [0.2, 0.25) is 5.95 Å². The maximum absolute atomic E-state index is 13.4. The van der Waals surface area contributed by atoms with E-state index in [9.17, 15) is 4.39 Å². The molecule has 0 spiro atoms. The lowest BCUT2D eigenvalue weighted by molar-refractivity contribution is 0.628. The highest BCUT2D eigenvalue weighted by atomic mass is 35.5. The van der Waals surface area contributed by atoms with Gasteiger partial charge in [0.05, 0.1) is 5.02 Å². The third-order valence-electron chi connectivity index (χ3n) is 4.26. The Morgan fingerprint density at radius 3 is 2.63 bits per heavy atom. The normalized spacial score (nSPS) is 10.6. The van der Waals surface area contributed by atoms with Crippen LogP contribution in [0.3, 0.4) is 0 Å². The molecular weight excluding hydrogens is 405 g/mol. The number of hydrogen-bond donors (Lipinski definition) is 2. The minimum absolute atomic E-state index is 0.0212. The zero-order chi connectivity index (χ0) is 20.8. The number of benzene rings is 1. The Morgan fingerprint density at radius 1 is 1.00 bits per heavy atom. The van der Waals surface area contributed by atoms with Crippen molar-refractivity contribution in [3.05, 3.63) is 84.0 Å². The van der Waals surface area contributed by atoms with Crippen LogP contribution in [0.5, 0.6) is 0 Å². The van der Waals surface area contributed by atoms with Gasteiger partial charge in [0.15, 0.2) is 0 Å². The fourth-order valence-electron chi connectivity index (χ4n) is 2.80. The molecule has 0 unspecified atom stereocenters. The van der Waals surface area contributed by atoms with Gasteiger partial charge in [-0.2, -0.15) is 4.98 Å². The van der Waals surface area contributed by atoms with Crippen LogP contribution < -0.4 is 10.6 Å². The van der Waals surface area contributed by atoms with Gasteiger partial charge in [-0.1, -0.05) is 17.7 Å². The van der Waals surface area contributed by atoms with Crippen molar-refractivity contribution in [3.63, 3.8) is 0 Å². The van der Waals surface area contributed by atoms with Crippen LogP contribution in [0.2, 0.25) is 5.02 Å². The number of aromatic nitrogens is 5. The summed E-state index contributed by atoms with van der Waals surface area (Å²) in [7, 11) is 0. The number of anilines is 3. The van der Waals surface area contributed by atoms with Crippen molar-refractivity contribution < 1.29 is 4.39 Å². The topological polar surface area (TPSA) is 88.5 Å². The van der Waals surface area contributed by atoms with Crippen LogP contribution in [-0.2, 0) is 6.42 Å². The molecule has 0 aliphatic rings. The van der Waals surface area contributed by atoms with Gasteiger partial charge < -0.3 is 10.6 Å². The summed E-state index contributed by atoms with van der Waals surface area (Å²) in [5.41, 5.74) is 3.25. The summed E-state index contributed by atoms with van der Waals surface area (Å²) in [4.78, 5) is 21.2. The van der Waals surface area contributed by atoms with E-state index in [4.69, 9.17) is 11.6 Å². The van der Waals surface area contributed by atoms with E-state index in [2.05, 4.69) is 35.6 Å². The first kappa shape index (κ1) is 19.7. The zero-order valence-corrected chi connectivity index (χ0v) is 16.5. The molecule has 0 saturated carbocycles. The number of rotatable bonds is 7. The first-order chi connectivity index (χ1) is 14.7. The Morgan fingerprint density at radius 2 is 1.87 bits per heavy atom. The van der Waals surface area contributed by atoms with Gasteiger partial charge in [0.1, 0.15) is 18.0 Å². The lowest BCUT2D eigenvalue weighted by atomic mass is 10.1. The Bertz CT molecular complexity index is 1130. The molecule has 7 nitrogen and oxygen atoms in total. The molecule has 150 valence electrons. The van der Waals surface area contributed by atoms with Crippen molar-refractivity contribution in [2.45, 2.75) is 6.42 Å². The van der Waals surface area contributed by atoms with E-state index in [1.807, 2.05) is 18.3 Å². The fourth-order valence-corrected chi connectivity index (χ4v) is 2.98. The quantitative estimate of drug-likeness (QED) is 0.453. The predicted molar refractivity (Wildman–Crippen MR) is 114 cm³/mol. The molecule has 3 heterocycles. The fraction of sp³-hybridized carbons (Fsp3) is 0.0952. The van der Waals surface area contributed by atoms with Crippen molar-refractivity contribution in [2.75, 3.05) is 17.2 Å². The highest BCUT2D eigenvalue weighted by molar-refractivity contribution is 6.31. The van der Waals surface area contributed by atoms with E-state index in [0.29, 0.717) is 24.0 Å². The van der Waals surface area contributed by atoms with E-state index >= 15 is 0 Å². The number of hydrogen-bond acceptors (Lipinski definition) is 7. The lowest BCUT2D eigenvalue weighted by Crippen LogP contribution is -2.10. The molecule has 0 fully saturated rings. The standard InChI is InChI=1S/C21H17ClFN7/c22-18-8-16(3-4-19(18)23)29-21-28-12-17(15-10-25-13-26-11-15)20(30-21)27-7-5-14-2-1-6-24-9-14/h1-4,6,8-13H,5,7H2,(H2,27,28,29,30). The summed E-state index contributed by atoms with van der Waals surface area (Å²) in [6.07, 6.45) is 10.9. The molecule has 0 saturated heterocycles. The van der Waals surface area contributed by atoms with Crippen LogP contribution in [0.4, 0.5) is 21.8 Å². The van der Waals surface area contributed by atoms with Gasteiger partial charge in [-0.05, 0) is 36.2 Å². The number of nitrogens with one attached hydrogen (secondary N) is 2. The zero-order valence-electron chi connectivity index (χ0n) is 15.8. The summed E-state index contributed by atoms with van der Waals surface area (Å²) in [5.74, 6) is 0.488. The number of halogens is 2. The van der Waals surface area contributed by atoms with Crippen molar-refractivity contribution in [1.82, 2.24) is 24.9 Å². The monoisotopic (exact) mass is 421 g/mol. The third kappa shape index (κ3) is 4.84. The largest absolute Gasteiger partial charge is 0.369 e. The Kier molecular flexibility index (Phi) is 6.05. The van der Waals surface area contributed by atoms with Gasteiger partial charge in [-0.3, -0.25) is 4.98 Å². The molecule has 9 heteroatoms. The van der Waals surface area contributed by atoms with Gasteiger partial charge in [-0.15, -0.1) is 0 Å². The molecule has 0 aliphatic heterocycles. The van der Waals surface area contributed by atoms with Crippen molar-refractivity contribution in [3.8, 4) is 11.1 Å². The minimum atomic E-state index is -0.486. The SMILES string of the molecule is Fc1ccc(Nc2ncc(-c3cncnc3)c(NCCc3cccnc3)n2)cc1Cl. The first-order valence-electron chi connectivity index (χ1n) is 9.16. The molecular formula is C21H17ClFN7. The maximum atomic E-state index is 13.4. The molecule has 30 heavy (non-hydrogen) atoms. The summed E-state index contributed by atoms with van der Waals surface area (Å²) >= 11 is 5.86. The minimum Gasteiger partial charge on any atom is -0.369 e. The van der Waals surface area contributed by atoms with Gasteiger partial charge in [-0.25, -0.2) is 19.3 Å². The average molecular weight is 422 g/mol. The van der Waals surface area contributed by atoms with E-state index in [1.165, 1.54) is 18.5 Å². The van der Waals surface area contributed by atoms with E-state index < -0.39 is 5.82 Å². The van der Waals surface area contributed by atoms with E-state index in [-0.39, 0.29) is 5.02 Å². The van der Waals surface area contributed by atoms with Crippen molar-refractivity contribution in [1.29, 1.82) is 0 Å². The summed E-state index contributed by atoms with van der Waals surface area (Å²) in [5, 5.41) is 6.41. The Balaban J connectivity index is 1.58. The molecule has 0 amide bonds. The number of nitrogens with zero attached hydrogens (tertiary/aromatic N) is 5.